The van der Waals surface area contributed by atoms with Crippen LogP contribution in [0.1, 0.15) is 34.1 Å². The van der Waals surface area contributed by atoms with Gasteiger partial charge in [0.05, 0.1) is 15.7 Å². The first-order valence-electron chi connectivity index (χ1n) is 3.76. The molecule has 0 amide bonds. The van der Waals surface area contributed by atoms with Gasteiger partial charge in [0.15, 0.2) is 0 Å². The molecule has 0 aliphatic carbocycles. The molecule has 0 nitrogen and oxygen atoms in total. The zero-order valence-corrected chi connectivity index (χ0v) is 7.57. The Morgan fingerprint density at radius 1 is 1.10 bits per heavy atom. The predicted octanol–water partition coefficient (Wildman–Crippen LogP) is 2.36. The minimum atomic E-state index is -0.0944. The highest BCUT2D eigenvalue weighted by molar-refractivity contribution is 6.14. The van der Waals surface area contributed by atoms with Crippen molar-refractivity contribution in [1.82, 2.24) is 0 Å². The minimum absolute atomic E-state index is 0.0944. The van der Waals surface area contributed by atoms with E-state index < -0.39 is 0 Å². The van der Waals surface area contributed by atoms with Crippen molar-refractivity contribution in [2.45, 2.75) is 45.8 Å². The first kappa shape index (κ1) is 10.1. The molecule has 0 bridgehead atoms. The van der Waals surface area contributed by atoms with Crippen molar-refractivity contribution in [2.24, 2.45) is 5.41 Å². The largest absolute Gasteiger partial charge is 0.0837 e. The summed E-state index contributed by atoms with van der Waals surface area (Å²) in [5.74, 6) is 0. The quantitative estimate of drug-likeness (QED) is 0.519. The Kier molecular flexibility index (Phi) is 3.06. The third kappa shape index (κ3) is 4.96. The van der Waals surface area contributed by atoms with Crippen LogP contribution >= 0.6 is 0 Å². The van der Waals surface area contributed by atoms with Crippen LogP contribution in [0.25, 0.3) is 0 Å². The summed E-state index contributed by atoms with van der Waals surface area (Å²) in [7, 11) is 11.4. The van der Waals surface area contributed by atoms with Gasteiger partial charge < -0.3 is 0 Å². The Labute approximate surface area is 67.6 Å². The molecule has 0 rings (SSSR count). The van der Waals surface area contributed by atoms with Gasteiger partial charge in [0.2, 0.25) is 0 Å². The molecule has 0 aromatic heterocycles. The fraction of sp³-hybridized carbons (Fsp3) is 1.00. The average molecular weight is 134 g/mol. The van der Waals surface area contributed by atoms with Gasteiger partial charge in [-0.15, -0.1) is 0 Å². The molecule has 0 saturated carbocycles. The summed E-state index contributed by atoms with van der Waals surface area (Å²) in [5.41, 5.74) is 0.179. The molecule has 0 spiro atoms. The van der Waals surface area contributed by atoms with E-state index in [0.717, 1.165) is 6.42 Å². The second kappa shape index (κ2) is 3.02. The van der Waals surface area contributed by atoms with Gasteiger partial charge in [-0.05, 0) is 5.41 Å². The Hall–Kier alpha value is 0.130. The molecule has 10 heavy (non-hydrogen) atoms. The molecule has 0 N–H and O–H groups in total. The second-order valence-electron chi connectivity index (χ2n) is 4.53. The van der Waals surface area contributed by atoms with Crippen LogP contribution in [0.5, 0.6) is 0 Å². The summed E-state index contributed by atoms with van der Waals surface area (Å²) in [6.07, 6.45) is 1.67. The highest BCUT2D eigenvalue weighted by Gasteiger charge is 2.22. The molecule has 54 valence electrons. The van der Waals surface area contributed by atoms with Crippen LogP contribution in [0.3, 0.4) is 0 Å². The zero-order chi connectivity index (χ0) is 8.41. The molecule has 2 heteroatoms. The Morgan fingerprint density at radius 2 is 1.50 bits per heavy atom. The highest BCUT2D eigenvalue weighted by Crippen LogP contribution is 2.37. The zero-order valence-electron chi connectivity index (χ0n) is 7.57. The molecule has 0 aliphatic heterocycles. The Morgan fingerprint density at radius 3 is 1.60 bits per heavy atom. The van der Waals surface area contributed by atoms with Crippen LogP contribution in [0.4, 0.5) is 0 Å². The van der Waals surface area contributed by atoms with Crippen molar-refractivity contribution in [3.63, 3.8) is 0 Å². The van der Waals surface area contributed by atoms with Gasteiger partial charge in [0.25, 0.3) is 0 Å². The maximum absolute atomic E-state index is 5.84. The molecular formula is C8H16B2. The van der Waals surface area contributed by atoms with E-state index in [-0.39, 0.29) is 10.7 Å². The van der Waals surface area contributed by atoms with Gasteiger partial charge >= 0.3 is 0 Å². The smallest absolute Gasteiger partial charge is 0.0739 e. The van der Waals surface area contributed by atoms with Gasteiger partial charge in [-0.25, -0.2) is 0 Å². The Balaban J connectivity index is 3.89. The molecule has 0 saturated heterocycles. The third-order valence-electron chi connectivity index (χ3n) is 1.49. The number of hydrogen-bond acceptors (Lipinski definition) is 0. The predicted molar refractivity (Wildman–Crippen MR) is 48.8 cm³/mol. The summed E-state index contributed by atoms with van der Waals surface area (Å²) in [5, 5.41) is -0.0944. The lowest BCUT2D eigenvalue weighted by Gasteiger charge is -2.31. The van der Waals surface area contributed by atoms with Crippen LogP contribution in [-0.2, 0) is 0 Å². The van der Waals surface area contributed by atoms with Crippen molar-refractivity contribution in [3.05, 3.63) is 0 Å². The van der Waals surface area contributed by atoms with Crippen LogP contribution < -0.4 is 0 Å². The molecule has 0 aromatic rings. The van der Waals surface area contributed by atoms with E-state index in [4.69, 9.17) is 15.7 Å². The third-order valence-corrected chi connectivity index (χ3v) is 1.49. The van der Waals surface area contributed by atoms with Crippen LogP contribution in [0.15, 0.2) is 0 Å². The lowest BCUT2D eigenvalue weighted by Crippen LogP contribution is -2.18. The van der Waals surface area contributed by atoms with Gasteiger partial charge in [-0.3, -0.25) is 0 Å². The first-order valence-corrected chi connectivity index (χ1v) is 3.76. The maximum Gasteiger partial charge on any atom is 0.0739 e. The summed E-state index contributed by atoms with van der Waals surface area (Å²) in [6, 6.07) is 0. The SMILES string of the molecule is [B]CC(C)(C)CC([B])(C)C. The minimum Gasteiger partial charge on any atom is -0.0837 e. The van der Waals surface area contributed by atoms with E-state index in [2.05, 4.69) is 13.8 Å². The Bertz CT molecular complexity index is 100. The van der Waals surface area contributed by atoms with E-state index in [1.807, 2.05) is 13.8 Å². The van der Waals surface area contributed by atoms with Crippen molar-refractivity contribution in [1.29, 1.82) is 0 Å². The van der Waals surface area contributed by atoms with E-state index in [0.29, 0.717) is 6.32 Å². The maximum atomic E-state index is 5.84. The molecule has 0 unspecified atom stereocenters. The van der Waals surface area contributed by atoms with Crippen molar-refractivity contribution in [3.8, 4) is 0 Å². The number of hydrogen-bond donors (Lipinski definition) is 0. The monoisotopic (exact) mass is 134 g/mol. The van der Waals surface area contributed by atoms with Crippen LogP contribution in [0.2, 0.25) is 11.6 Å². The van der Waals surface area contributed by atoms with Crippen molar-refractivity contribution >= 4 is 15.7 Å². The van der Waals surface area contributed by atoms with E-state index >= 15 is 0 Å². The fourth-order valence-electron chi connectivity index (χ4n) is 1.31. The fourth-order valence-corrected chi connectivity index (χ4v) is 1.31. The van der Waals surface area contributed by atoms with E-state index in [9.17, 15) is 0 Å². The van der Waals surface area contributed by atoms with E-state index in [1.54, 1.807) is 0 Å². The van der Waals surface area contributed by atoms with Crippen molar-refractivity contribution in [2.75, 3.05) is 0 Å². The molecular weight excluding hydrogens is 118 g/mol. The van der Waals surface area contributed by atoms with Crippen molar-refractivity contribution < 1.29 is 0 Å². The summed E-state index contributed by atoms with van der Waals surface area (Å²) >= 11 is 0. The second-order valence-corrected chi connectivity index (χ2v) is 4.53. The highest BCUT2D eigenvalue weighted by atomic mass is 14.2. The first-order chi connectivity index (χ1) is 4.27. The van der Waals surface area contributed by atoms with Gasteiger partial charge in [-0.1, -0.05) is 45.8 Å². The topological polar surface area (TPSA) is 0 Å². The standard InChI is InChI=1S/C8H16B2/c1-7(2,6-9)5-8(3,4)10/h5-6H2,1-4H3. The lowest BCUT2D eigenvalue weighted by molar-refractivity contribution is 0.331. The lowest BCUT2D eigenvalue weighted by atomic mass is 9.61. The molecule has 0 fully saturated rings. The molecule has 0 aromatic carbocycles. The summed E-state index contributed by atoms with van der Waals surface area (Å²) in [6.45, 7) is 8.35. The molecule has 0 atom stereocenters. The summed E-state index contributed by atoms with van der Waals surface area (Å²) in [4.78, 5) is 0. The van der Waals surface area contributed by atoms with Crippen LogP contribution in [0, 0.1) is 5.41 Å². The van der Waals surface area contributed by atoms with Crippen LogP contribution in [-0.4, -0.2) is 15.7 Å². The molecule has 0 aliphatic rings. The van der Waals surface area contributed by atoms with Gasteiger partial charge in [-0.2, -0.15) is 0 Å². The normalized spacial score (nSPS) is 13.6. The summed E-state index contributed by atoms with van der Waals surface area (Å²) < 4.78 is 0. The average Bonchev–Trinajstić information content (AvgIpc) is 1.60. The van der Waals surface area contributed by atoms with Gasteiger partial charge in [0, 0.05) is 0 Å². The van der Waals surface area contributed by atoms with E-state index in [1.165, 1.54) is 0 Å². The van der Waals surface area contributed by atoms with Gasteiger partial charge in [0.1, 0.15) is 0 Å². The molecule has 4 radical (unpaired) electrons. The molecule has 0 heterocycles. The number of rotatable bonds is 3.